The van der Waals surface area contributed by atoms with Gasteiger partial charge >= 0.3 is 0 Å². The van der Waals surface area contributed by atoms with Crippen LogP contribution in [-0.2, 0) is 4.79 Å². The van der Waals surface area contributed by atoms with Gasteiger partial charge in [0.05, 0.1) is 20.8 Å². The first-order valence-electron chi connectivity index (χ1n) is 8.34. The zero-order valence-corrected chi connectivity index (χ0v) is 16.4. The van der Waals surface area contributed by atoms with Gasteiger partial charge in [-0.25, -0.2) is 0 Å². The fourth-order valence-electron chi connectivity index (χ4n) is 2.60. The summed E-state index contributed by atoms with van der Waals surface area (Å²) in [5.74, 6) is 0.787. The molecular weight excluding hydrogens is 388 g/mol. The van der Waals surface area contributed by atoms with Crippen LogP contribution in [0.5, 0.6) is 0 Å². The quantitative estimate of drug-likeness (QED) is 0.579. The van der Waals surface area contributed by atoms with Crippen LogP contribution in [0.25, 0.3) is 10.7 Å². The van der Waals surface area contributed by atoms with E-state index in [1.807, 2.05) is 30.5 Å². The zero-order valence-electron chi connectivity index (χ0n) is 14.1. The minimum absolute atomic E-state index is 0.105. The van der Waals surface area contributed by atoms with Crippen LogP contribution >= 0.6 is 34.7 Å². The summed E-state index contributed by atoms with van der Waals surface area (Å²) in [7, 11) is 0. The van der Waals surface area contributed by atoms with Gasteiger partial charge in [0.15, 0.2) is 11.0 Å². The number of rotatable bonds is 6. The van der Waals surface area contributed by atoms with Gasteiger partial charge in [0.1, 0.15) is 0 Å². The molecule has 1 saturated carbocycles. The summed E-state index contributed by atoms with van der Waals surface area (Å²) in [6.45, 7) is 1.87. The molecule has 1 atom stereocenters. The van der Waals surface area contributed by atoms with Gasteiger partial charge in [0.25, 0.3) is 0 Å². The first kappa shape index (κ1) is 17.6. The van der Waals surface area contributed by atoms with Crippen LogP contribution in [0.3, 0.4) is 0 Å². The van der Waals surface area contributed by atoms with Crippen molar-refractivity contribution in [2.24, 2.45) is 0 Å². The van der Waals surface area contributed by atoms with E-state index in [0.29, 0.717) is 16.8 Å². The standard InChI is InChI=1S/C18H17ClN4OS2/c1-11(17(24)20-14-6-3-2-5-13(14)19)26-18-22-21-16(15-7-4-10-25-15)23(18)12-8-9-12/h2-7,10-12H,8-9H2,1H3,(H,20,24)/t11-/m0/s1. The number of hydrogen-bond acceptors (Lipinski definition) is 5. The van der Waals surface area contributed by atoms with Gasteiger partial charge in [-0.1, -0.05) is 41.6 Å². The Hall–Kier alpha value is -1.83. The Morgan fingerprint density at radius 3 is 2.81 bits per heavy atom. The van der Waals surface area contributed by atoms with Gasteiger partial charge < -0.3 is 5.32 Å². The van der Waals surface area contributed by atoms with Crippen LogP contribution in [0.15, 0.2) is 46.9 Å². The second-order valence-corrected chi connectivity index (χ2v) is 8.78. The first-order valence-corrected chi connectivity index (χ1v) is 10.5. The van der Waals surface area contributed by atoms with Crippen molar-refractivity contribution in [3.63, 3.8) is 0 Å². The second kappa shape index (κ2) is 7.42. The molecule has 3 aromatic rings. The fraction of sp³-hybridized carbons (Fsp3) is 0.278. The molecule has 0 radical (unpaired) electrons. The average Bonchev–Trinajstić information content (AvgIpc) is 3.16. The Bertz CT molecular complexity index is 921. The van der Waals surface area contributed by atoms with Gasteiger partial charge in [0, 0.05) is 6.04 Å². The molecule has 1 N–H and O–H groups in total. The Morgan fingerprint density at radius 1 is 1.31 bits per heavy atom. The predicted molar refractivity (Wildman–Crippen MR) is 107 cm³/mol. The molecule has 5 nitrogen and oxygen atoms in total. The Morgan fingerprint density at radius 2 is 2.12 bits per heavy atom. The van der Waals surface area contributed by atoms with Crippen molar-refractivity contribution in [1.82, 2.24) is 14.8 Å². The molecule has 1 amide bonds. The summed E-state index contributed by atoms with van der Waals surface area (Å²) in [6, 6.07) is 11.7. The summed E-state index contributed by atoms with van der Waals surface area (Å²) in [5, 5.41) is 14.7. The molecule has 0 aliphatic heterocycles. The molecule has 0 spiro atoms. The number of benzene rings is 1. The molecule has 8 heteroatoms. The first-order chi connectivity index (χ1) is 12.6. The number of halogens is 1. The molecule has 134 valence electrons. The molecule has 0 saturated heterocycles. The summed E-state index contributed by atoms with van der Waals surface area (Å²) in [5.41, 5.74) is 0.620. The highest BCUT2D eigenvalue weighted by molar-refractivity contribution is 8.00. The number of anilines is 1. The topological polar surface area (TPSA) is 59.8 Å². The molecule has 2 heterocycles. The van der Waals surface area contributed by atoms with Crippen molar-refractivity contribution in [2.45, 2.75) is 36.2 Å². The van der Waals surface area contributed by atoms with Gasteiger partial charge in [-0.2, -0.15) is 0 Å². The van der Waals surface area contributed by atoms with E-state index in [0.717, 1.165) is 28.7 Å². The smallest absolute Gasteiger partial charge is 0.237 e. The number of nitrogens with zero attached hydrogens (tertiary/aromatic N) is 3. The lowest BCUT2D eigenvalue weighted by atomic mass is 10.3. The lowest BCUT2D eigenvalue weighted by Gasteiger charge is -2.13. The van der Waals surface area contributed by atoms with E-state index in [1.54, 1.807) is 23.5 Å². The maximum Gasteiger partial charge on any atom is 0.237 e. The van der Waals surface area contributed by atoms with Crippen molar-refractivity contribution in [3.05, 3.63) is 46.8 Å². The highest BCUT2D eigenvalue weighted by Gasteiger charge is 2.31. The summed E-state index contributed by atoms with van der Waals surface area (Å²) in [4.78, 5) is 13.7. The number of hydrogen-bond donors (Lipinski definition) is 1. The normalized spacial score (nSPS) is 15.0. The average molecular weight is 405 g/mol. The molecule has 0 bridgehead atoms. The number of aromatic nitrogens is 3. The minimum atomic E-state index is -0.316. The number of amides is 1. The lowest BCUT2D eigenvalue weighted by molar-refractivity contribution is -0.115. The molecule has 2 aromatic heterocycles. The van der Waals surface area contributed by atoms with Crippen LogP contribution in [0.4, 0.5) is 5.69 Å². The van der Waals surface area contributed by atoms with E-state index in [1.165, 1.54) is 11.8 Å². The van der Waals surface area contributed by atoms with Crippen LogP contribution in [-0.4, -0.2) is 25.9 Å². The number of thiophene rings is 1. The van der Waals surface area contributed by atoms with E-state index in [2.05, 4.69) is 26.1 Å². The molecule has 4 rings (SSSR count). The van der Waals surface area contributed by atoms with Crippen molar-refractivity contribution in [2.75, 3.05) is 5.32 Å². The van der Waals surface area contributed by atoms with Crippen LogP contribution in [0, 0.1) is 0 Å². The van der Waals surface area contributed by atoms with Crippen molar-refractivity contribution in [1.29, 1.82) is 0 Å². The Kier molecular flexibility index (Phi) is 5.02. The highest BCUT2D eigenvalue weighted by Crippen LogP contribution is 2.42. The summed E-state index contributed by atoms with van der Waals surface area (Å²) >= 11 is 9.20. The zero-order chi connectivity index (χ0) is 18.1. The van der Waals surface area contributed by atoms with E-state index in [9.17, 15) is 4.79 Å². The van der Waals surface area contributed by atoms with Crippen molar-refractivity contribution in [3.8, 4) is 10.7 Å². The third-order valence-electron chi connectivity index (χ3n) is 4.10. The van der Waals surface area contributed by atoms with Crippen molar-refractivity contribution < 1.29 is 4.79 Å². The molecule has 1 aliphatic rings. The Labute approximate surface area is 164 Å². The van der Waals surface area contributed by atoms with Crippen molar-refractivity contribution >= 4 is 46.3 Å². The second-order valence-electron chi connectivity index (χ2n) is 6.11. The minimum Gasteiger partial charge on any atom is -0.324 e. The maximum atomic E-state index is 12.6. The van der Waals surface area contributed by atoms with Crippen LogP contribution < -0.4 is 5.32 Å². The number of carbonyl (C=O) groups is 1. The molecule has 26 heavy (non-hydrogen) atoms. The van der Waals surface area contributed by atoms with Gasteiger partial charge in [-0.15, -0.1) is 21.5 Å². The summed E-state index contributed by atoms with van der Waals surface area (Å²) < 4.78 is 2.18. The largest absolute Gasteiger partial charge is 0.324 e. The predicted octanol–water partition coefficient (Wildman–Crippen LogP) is 5.11. The highest BCUT2D eigenvalue weighted by atomic mass is 35.5. The number of nitrogens with one attached hydrogen (secondary N) is 1. The van der Waals surface area contributed by atoms with Crippen LogP contribution in [0.2, 0.25) is 5.02 Å². The SMILES string of the molecule is C[C@H](Sc1nnc(-c2cccs2)n1C1CC1)C(=O)Nc1ccccc1Cl. The fourth-order valence-corrected chi connectivity index (χ4v) is 4.41. The third-order valence-corrected chi connectivity index (χ3v) is 6.35. The monoisotopic (exact) mass is 404 g/mol. The number of para-hydroxylation sites is 1. The Balaban J connectivity index is 1.52. The lowest BCUT2D eigenvalue weighted by Crippen LogP contribution is -2.23. The van der Waals surface area contributed by atoms with E-state index >= 15 is 0 Å². The van der Waals surface area contributed by atoms with Gasteiger partial charge in [-0.05, 0) is 43.3 Å². The number of carbonyl (C=O) groups excluding carboxylic acids is 1. The van der Waals surface area contributed by atoms with Gasteiger partial charge in [-0.3, -0.25) is 9.36 Å². The number of thioether (sulfide) groups is 1. The van der Waals surface area contributed by atoms with E-state index in [-0.39, 0.29) is 11.2 Å². The van der Waals surface area contributed by atoms with Crippen LogP contribution in [0.1, 0.15) is 25.8 Å². The molecule has 1 aliphatic carbocycles. The van der Waals surface area contributed by atoms with E-state index < -0.39 is 0 Å². The van der Waals surface area contributed by atoms with E-state index in [4.69, 9.17) is 11.6 Å². The van der Waals surface area contributed by atoms with Gasteiger partial charge in [0.2, 0.25) is 5.91 Å². The molecule has 0 unspecified atom stereocenters. The molecule has 1 fully saturated rings. The maximum absolute atomic E-state index is 12.6. The molecular formula is C18H17ClN4OS2. The summed E-state index contributed by atoms with van der Waals surface area (Å²) in [6.07, 6.45) is 2.26. The molecule has 1 aromatic carbocycles. The third kappa shape index (κ3) is 3.65.